The third kappa shape index (κ3) is 3.97. The van der Waals surface area contributed by atoms with Gasteiger partial charge in [-0.3, -0.25) is 4.79 Å². The number of carboxylic acid groups (broad SMARTS) is 1. The lowest BCUT2D eigenvalue weighted by molar-refractivity contribution is -0.172. The van der Waals surface area contributed by atoms with E-state index < -0.39 is 29.6 Å². The number of amides is 2. The van der Waals surface area contributed by atoms with Crippen LogP contribution in [0.5, 0.6) is 0 Å². The first-order valence-electron chi connectivity index (χ1n) is 12.5. The number of aliphatic carboxylic acids is 1. The van der Waals surface area contributed by atoms with Crippen LogP contribution in [-0.4, -0.2) is 52.7 Å². The fourth-order valence-corrected chi connectivity index (χ4v) is 6.08. The Kier molecular flexibility index (Phi) is 6.03. The van der Waals surface area contributed by atoms with Crippen molar-refractivity contribution >= 4 is 18.0 Å². The molecule has 2 aliphatic heterocycles. The number of fused-ring (bicyclic) bond motifs is 6. The van der Waals surface area contributed by atoms with Gasteiger partial charge in [0, 0.05) is 18.5 Å². The highest BCUT2D eigenvalue weighted by molar-refractivity contribution is 5.89. The molecule has 2 heterocycles. The van der Waals surface area contributed by atoms with Gasteiger partial charge in [-0.25, -0.2) is 9.59 Å². The van der Waals surface area contributed by atoms with Gasteiger partial charge in [-0.1, -0.05) is 55.5 Å². The Hall–Kier alpha value is -3.35. The molecule has 7 heteroatoms. The number of nitrogens with one attached hydrogen (secondary N) is 1. The number of hydrogen-bond acceptors (Lipinski definition) is 4. The number of rotatable bonds is 6. The molecule has 0 radical (unpaired) electrons. The monoisotopic (exact) mass is 476 g/mol. The van der Waals surface area contributed by atoms with E-state index in [0.717, 1.165) is 35.1 Å². The highest BCUT2D eigenvalue weighted by Crippen LogP contribution is 2.45. The van der Waals surface area contributed by atoms with Crippen LogP contribution < -0.4 is 5.32 Å². The van der Waals surface area contributed by atoms with Gasteiger partial charge in [0.15, 0.2) is 0 Å². The minimum Gasteiger partial charge on any atom is -0.479 e. The lowest BCUT2D eigenvalue weighted by atomic mass is 9.70. The molecule has 0 aromatic heterocycles. The molecule has 2 unspecified atom stereocenters. The molecular weight excluding hydrogens is 444 g/mol. The quantitative estimate of drug-likeness (QED) is 0.644. The summed E-state index contributed by atoms with van der Waals surface area (Å²) in [4.78, 5) is 39.7. The lowest BCUT2D eigenvalue weighted by Crippen LogP contribution is -2.66. The van der Waals surface area contributed by atoms with Crippen LogP contribution in [-0.2, 0) is 14.3 Å². The Morgan fingerprint density at radius 3 is 2.17 bits per heavy atom. The highest BCUT2D eigenvalue weighted by Gasteiger charge is 2.54. The standard InChI is InChI=1S/C28H32N2O5/c1-17(25(31)30-15-19-11-13-28(30,14-12-19)26(32)33)18(2)29-27(34)35-16-24-22-9-5-3-7-20(22)21-8-4-6-10-23(21)24/h3-10,17-19,24H,11-16H2,1-2H3,(H,29,34)(H,32,33). The summed E-state index contributed by atoms with van der Waals surface area (Å²) in [6.07, 6.45) is 2.11. The normalized spacial score (nSPS) is 24.3. The van der Waals surface area contributed by atoms with Crippen LogP contribution in [0.2, 0.25) is 0 Å². The largest absolute Gasteiger partial charge is 0.479 e. The number of carboxylic acids is 1. The minimum atomic E-state index is -1.11. The Balaban J connectivity index is 1.22. The molecule has 0 spiro atoms. The van der Waals surface area contributed by atoms with Gasteiger partial charge in [0.1, 0.15) is 12.1 Å². The third-order valence-electron chi connectivity index (χ3n) is 8.38. The van der Waals surface area contributed by atoms with E-state index in [9.17, 15) is 19.5 Å². The Labute approximate surface area is 205 Å². The van der Waals surface area contributed by atoms with Crippen molar-refractivity contribution < 1.29 is 24.2 Å². The van der Waals surface area contributed by atoms with Crippen LogP contribution in [0, 0.1) is 11.8 Å². The second-order valence-electron chi connectivity index (χ2n) is 10.3. The first kappa shape index (κ1) is 23.4. The first-order valence-corrected chi connectivity index (χ1v) is 12.5. The number of nitrogens with zero attached hydrogens (tertiary/aromatic N) is 1. The summed E-state index contributed by atoms with van der Waals surface area (Å²) < 4.78 is 5.62. The lowest BCUT2D eigenvalue weighted by Gasteiger charge is -2.52. The van der Waals surface area contributed by atoms with E-state index >= 15 is 0 Å². The first-order chi connectivity index (χ1) is 16.8. The smallest absolute Gasteiger partial charge is 0.407 e. The average molecular weight is 477 g/mol. The van der Waals surface area contributed by atoms with Crippen molar-refractivity contribution in [1.82, 2.24) is 10.2 Å². The van der Waals surface area contributed by atoms with Gasteiger partial charge in [-0.05, 0) is 60.8 Å². The van der Waals surface area contributed by atoms with Crippen LogP contribution in [0.25, 0.3) is 11.1 Å². The zero-order valence-corrected chi connectivity index (χ0v) is 20.2. The third-order valence-corrected chi connectivity index (χ3v) is 8.38. The van der Waals surface area contributed by atoms with Crippen LogP contribution in [0.4, 0.5) is 4.79 Å². The molecule has 2 aliphatic carbocycles. The predicted molar refractivity (Wildman–Crippen MR) is 131 cm³/mol. The van der Waals surface area contributed by atoms with Gasteiger partial charge in [0.05, 0.1) is 5.92 Å². The van der Waals surface area contributed by atoms with E-state index in [0.29, 0.717) is 25.3 Å². The van der Waals surface area contributed by atoms with Crippen molar-refractivity contribution in [2.45, 2.75) is 57.0 Å². The predicted octanol–water partition coefficient (Wildman–Crippen LogP) is 4.41. The molecule has 184 valence electrons. The number of hydrogen-bond donors (Lipinski definition) is 2. The van der Waals surface area contributed by atoms with Crippen molar-refractivity contribution in [3.63, 3.8) is 0 Å². The summed E-state index contributed by atoms with van der Waals surface area (Å²) in [6, 6.07) is 15.8. The van der Waals surface area contributed by atoms with Crippen molar-refractivity contribution in [3.8, 4) is 11.1 Å². The van der Waals surface area contributed by atoms with Gasteiger partial charge < -0.3 is 20.1 Å². The molecule has 4 aliphatic rings. The maximum Gasteiger partial charge on any atom is 0.407 e. The summed E-state index contributed by atoms with van der Waals surface area (Å²) in [5.74, 6) is -1.39. The molecule has 2 bridgehead atoms. The molecule has 2 N–H and O–H groups in total. The second-order valence-corrected chi connectivity index (χ2v) is 10.3. The summed E-state index contributed by atoms with van der Waals surface area (Å²) in [7, 11) is 0. The number of carbonyl (C=O) groups excluding carboxylic acids is 2. The fraction of sp³-hybridized carbons (Fsp3) is 0.464. The van der Waals surface area contributed by atoms with Gasteiger partial charge in [0.2, 0.25) is 5.91 Å². The molecule has 1 saturated carbocycles. The summed E-state index contributed by atoms with van der Waals surface area (Å²) in [5.41, 5.74) is 3.49. The van der Waals surface area contributed by atoms with Gasteiger partial charge in [-0.15, -0.1) is 0 Å². The maximum atomic E-state index is 13.3. The summed E-state index contributed by atoms with van der Waals surface area (Å²) in [6.45, 7) is 4.19. The van der Waals surface area contributed by atoms with E-state index in [1.54, 1.807) is 18.7 Å². The molecule has 3 fully saturated rings. The molecule has 2 atom stereocenters. The van der Waals surface area contributed by atoms with Crippen LogP contribution in [0.15, 0.2) is 48.5 Å². The summed E-state index contributed by atoms with van der Waals surface area (Å²) >= 11 is 0. The number of carbonyl (C=O) groups is 3. The van der Waals surface area contributed by atoms with Crippen LogP contribution >= 0.6 is 0 Å². The fourth-order valence-electron chi connectivity index (χ4n) is 6.08. The topological polar surface area (TPSA) is 95.9 Å². The number of ether oxygens (including phenoxy) is 1. The van der Waals surface area contributed by atoms with E-state index in [2.05, 4.69) is 29.6 Å². The SMILES string of the molecule is CC(NC(=O)OCC1c2ccccc2-c2ccccc21)C(C)C(=O)N1CC2CCC1(C(=O)O)CC2. The molecule has 6 rings (SSSR count). The highest BCUT2D eigenvalue weighted by atomic mass is 16.5. The van der Waals surface area contributed by atoms with Crippen molar-refractivity contribution in [3.05, 3.63) is 59.7 Å². The van der Waals surface area contributed by atoms with Crippen LogP contribution in [0.1, 0.15) is 56.6 Å². The molecular formula is C28H32N2O5. The van der Waals surface area contributed by atoms with Crippen molar-refractivity contribution in [2.24, 2.45) is 11.8 Å². The zero-order valence-electron chi connectivity index (χ0n) is 20.2. The molecule has 2 aromatic carbocycles. The van der Waals surface area contributed by atoms with Crippen LogP contribution in [0.3, 0.4) is 0 Å². The Bertz CT molecular complexity index is 1110. The number of benzene rings is 2. The molecule has 2 aromatic rings. The van der Waals surface area contributed by atoms with E-state index in [4.69, 9.17) is 4.74 Å². The average Bonchev–Trinajstić information content (AvgIpc) is 3.20. The molecule has 35 heavy (non-hydrogen) atoms. The molecule has 2 amide bonds. The van der Waals surface area contributed by atoms with Crippen molar-refractivity contribution in [2.75, 3.05) is 13.2 Å². The Morgan fingerprint density at radius 2 is 1.60 bits per heavy atom. The van der Waals surface area contributed by atoms with E-state index in [-0.39, 0.29) is 18.4 Å². The number of alkyl carbamates (subject to hydrolysis) is 1. The van der Waals surface area contributed by atoms with Crippen molar-refractivity contribution in [1.29, 1.82) is 0 Å². The summed E-state index contributed by atoms with van der Waals surface area (Å²) in [5, 5.41) is 12.7. The zero-order chi connectivity index (χ0) is 24.7. The minimum absolute atomic E-state index is 0.0400. The van der Waals surface area contributed by atoms with Gasteiger partial charge in [0.25, 0.3) is 0 Å². The Morgan fingerprint density at radius 1 is 1.03 bits per heavy atom. The maximum absolute atomic E-state index is 13.3. The second kappa shape index (κ2) is 9.02. The van der Waals surface area contributed by atoms with Gasteiger partial charge in [-0.2, -0.15) is 0 Å². The van der Waals surface area contributed by atoms with Gasteiger partial charge >= 0.3 is 12.1 Å². The van der Waals surface area contributed by atoms with E-state index in [1.807, 2.05) is 24.3 Å². The molecule has 7 nitrogen and oxygen atoms in total. The molecule has 2 saturated heterocycles. The number of piperidine rings is 2. The van der Waals surface area contributed by atoms with E-state index in [1.165, 1.54) is 0 Å².